The Morgan fingerprint density at radius 2 is 1.95 bits per heavy atom. The molecule has 1 saturated heterocycles. The van der Waals surface area contributed by atoms with Crippen LogP contribution in [-0.4, -0.2) is 30.0 Å². The maximum Gasteiger partial charge on any atom is 0.263 e. The summed E-state index contributed by atoms with van der Waals surface area (Å²) in [5.74, 6) is 0.982. The van der Waals surface area contributed by atoms with Crippen molar-refractivity contribution in [2.75, 3.05) is 13.1 Å². The highest BCUT2D eigenvalue weighted by atomic mass is 16.5. The highest BCUT2D eigenvalue weighted by Crippen LogP contribution is 2.22. The first-order chi connectivity index (χ1) is 9.61. The fourth-order valence-corrected chi connectivity index (χ4v) is 2.61. The average Bonchev–Trinajstić information content (AvgIpc) is 2.48. The van der Waals surface area contributed by atoms with Crippen LogP contribution in [-0.2, 0) is 4.79 Å². The summed E-state index contributed by atoms with van der Waals surface area (Å²) >= 11 is 0. The van der Waals surface area contributed by atoms with Crippen molar-refractivity contribution in [3.05, 3.63) is 29.3 Å². The van der Waals surface area contributed by atoms with Crippen LogP contribution in [0.5, 0.6) is 5.75 Å². The van der Waals surface area contributed by atoms with Crippen molar-refractivity contribution in [1.29, 1.82) is 0 Å². The van der Waals surface area contributed by atoms with E-state index in [9.17, 15) is 4.79 Å². The standard InChI is InChI=1S/C17H25NO2/c1-4-15(17(19)18-10-6-5-7-11-18)20-16-12-13(2)8-9-14(16)3/h8-9,12,15H,4-7,10-11H2,1-3H3/t15-/m1/s1. The normalized spacial score (nSPS) is 16.9. The lowest BCUT2D eigenvalue weighted by Gasteiger charge is -2.30. The lowest BCUT2D eigenvalue weighted by Crippen LogP contribution is -2.44. The Labute approximate surface area is 121 Å². The van der Waals surface area contributed by atoms with Gasteiger partial charge in [-0.1, -0.05) is 19.1 Å². The third-order valence-electron chi connectivity index (χ3n) is 3.93. The molecule has 0 aromatic heterocycles. The van der Waals surface area contributed by atoms with Gasteiger partial charge in [0.15, 0.2) is 6.10 Å². The molecule has 1 fully saturated rings. The minimum absolute atomic E-state index is 0.146. The van der Waals surface area contributed by atoms with Crippen LogP contribution in [0, 0.1) is 13.8 Å². The molecule has 3 heteroatoms. The molecular weight excluding hydrogens is 250 g/mol. The lowest BCUT2D eigenvalue weighted by molar-refractivity contribution is -0.139. The van der Waals surface area contributed by atoms with Gasteiger partial charge < -0.3 is 9.64 Å². The zero-order chi connectivity index (χ0) is 14.5. The van der Waals surface area contributed by atoms with E-state index < -0.39 is 0 Å². The van der Waals surface area contributed by atoms with Gasteiger partial charge in [-0.3, -0.25) is 4.79 Å². The number of benzene rings is 1. The molecule has 1 aromatic rings. The van der Waals surface area contributed by atoms with E-state index in [1.54, 1.807) is 0 Å². The topological polar surface area (TPSA) is 29.5 Å². The fourth-order valence-electron chi connectivity index (χ4n) is 2.61. The Hall–Kier alpha value is -1.51. The van der Waals surface area contributed by atoms with E-state index in [4.69, 9.17) is 4.74 Å². The summed E-state index contributed by atoms with van der Waals surface area (Å²) in [6.45, 7) is 7.83. The quantitative estimate of drug-likeness (QED) is 0.842. The number of ether oxygens (including phenoxy) is 1. The van der Waals surface area contributed by atoms with Crippen LogP contribution in [0.25, 0.3) is 0 Å². The van der Waals surface area contributed by atoms with E-state index in [0.29, 0.717) is 6.42 Å². The van der Waals surface area contributed by atoms with E-state index in [-0.39, 0.29) is 12.0 Å². The minimum Gasteiger partial charge on any atom is -0.480 e. The van der Waals surface area contributed by atoms with Crippen LogP contribution in [0.2, 0.25) is 0 Å². The predicted molar refractivity (Wildman–Crippen MR) is 81.1 cm³/mol. The lowest BCUT2D eigenvalue weighted by atomic mass is 10.1. The Balaban J connectivity index is 2.07. The van der Waals surface area contributed by atoms with E-state index in [0.717, 1.165) is 42.8 Å². The van der Waals surface area contributed by atoms with Gasteiger partial charge in [-0.25, -0.2) is 0 Å². The highest BCUT2D eigenvalue weighted by Gasteiger charge is 2.26. The Bertz CT molecular complexity index is 464. The monoisotopic (exact) mass is 275 g/mol. The SMILES string of the molecule is CC[C@@H](Oc1cc(C)ccc1C)C(=O)N1CCCCC1. The van der Waals surface area contributed by atoms with E-state index in [1.807, 2.05) is 37.8 Å². The Morgan fingerprint density at radius 3 is 2.60 bits per heavy atom. The van der Waals surface area contributed by atoms with Gasteiger partial charge in [0.25, 0.3) is 5.91 Å². The summed E-state index contributed by atoms with van der Waals surface area (Å²) in [5, 5.41) is 0. The number of amides is 1. The van der Waals surface area contributed by atoms with Gasteiger partial charge in [-0.2, -0.15) is 0 Å². The second kappa shape index (κ2) is 6.78. The van der Waals surface area contributed by atoms with Crippen molar-refractivity contribution < 1.29 is 9.53 Å². The van der Waals surface area contributed by atoms with Crippen LogP contribution in [0.1, 0.15) is 43.7 Å². The summed E-state index contributed by atoms with van der Waals surface area (Å²) in [6.07, 6.45) is 3.83. The number of piperidine rings is 1. The van der Waals surface area contributed by atoms with Crippen LogP contribution >= 0.6 is 0 Å². The molecule has 0 aliphatic carbocycles. The highest BCUT2D eigenvalue weighted by molar-refractivity contribution is 5.81. The van der Waals surface area contributed by atoms with Gasteiger partial charge in [-0.15, -0.1) is 0 Å². The van der Waals surface area contributed by atoms with E-state index in [2.05, 4.69) is 6.07 Å². The summed E-state index contributed by atoms with van der Waals surface area (Å²) in [6, 6.07) is 6.12. The zero-order valence-electron chi connectivity index (χ0n) is 12.8. The smallest absolute Gasteiger partial charge is 0.263 e. The molecule has 1 atom stereocenters. The number of hydrogen-bond donors (Lipinski definition) is 0. The third-order valence-corrected chi connectivity index (χ3v) is 3.93. The molecule has 0 N–H and O–H groups in total. The molecule has 1 aromatic carbocycles. The van der Waals surface area contributed by atoms with Crippen LogP contribution in [0.15, 0.2) is 18.2 Å². The van der Waals surface area contributed by atoms with Gasteiger partial charge in [0, 0.05) is 13.1 Å². The number of rotatable bonds is 4. The number of hydrogen-bond acceptors (Lipinski definition) is 2. The minimum atomic E-state index is -0.353. The molecule has 0 radical (unpaired) electrons. The summed E-state index contributed by atoms with van der Waals surface area (Å²) in [7, 11) is 0. The van der Waals surface area contributed by atoms with Gasteiger partial charge >= 0.3 is 0 Å². The van der Waals surface area contributed by atoms with Crippen LogP contribution in [0.4, 0.5) is 0 Å². The first kappa shape index (κ1) is 14.9. The maximum absolute atomic E-state index is 12.5. The van der Waals surface area contributed by atoms with Gasteiger partial charge in [0.2, 0.25) is 0 Å². The largest absolute Gasteiger partial charge is 0.480 e. The van der Waals surface area contributed by atoms with E-state index >= 15 is 0 Å². The van der Waals surface area contributed by atoms with E-state index in [1.165, 1.54) is 6.42 Å². The maximum atomic E-state index is 12.5. The average molecular weight is 275 g/mol. The molecule has 2 rings (SSSR count). The van der Waals surface area contributed by atoms with Crippen molar-refractivity contribution in [2.24, 2.45) is 0 Å². The number of carbonyl (C=O) groups is 1. The summed E-state index contributed by atoms with van der Waals surface area (Å²) in [4.78, 5) is 14.5. The number of likely N-dealkylation sites (tertiary alicyclic amines) is 1. The van der Waals surface area contributed by atoms with Gasteiger partial charge in [-0.05, 0) is 56.7 Å². The molecule has 110 valence electrons. The van der Waals surface area contributed by atoms with Gasteiger partial charge in [0.1, 0.15) is 5.75 Å². The molecule has 3 nitrogen and oxygen atoms in total. The molecule has 20 heavy (non-hydrogen) atoms. The molecular formula is C17H25NO2. The molecule has 0 bridgehead atoms. The van der Waals surface area contributed by atoms with Crippen LogP contribution < -0.4 is 4.74 Å². The number of aryl methyl sites for hydroxylation is 2. The van der Waals surface area contributed by atoms with Crippen molar-refractivity contribution in [3.8, 4) is 5.75 Å². The molecule has 1 aliphatic heterocycles. The summed E-state index contributed by atoms with van der Waals surface area (Å²) < 4.78 is 6.00. The Morgan fingerprint density at radius 1 is 1.25 bits per heavy atom. The number of nitrogens with zero attached hydrogens (tertiary/aromatic N) is 1. The van der Waals surface area contributed by atoms with Crippen molar-refractivity contribution in [3.63, 3.8) is 0 Å². The molecule has 0 unspecified atom stereocenters. The first-order valence-electron chi connectivity index (χ1n) is 7.64. The third kappa shape index (κ3) is 3.53. The first-order valence-corrected chi connectivity index (χ1v) is 7.64. The molecule has 1 heterocycles. The second-order valence-corrected chi connectivity index (χ2v) is 5.67. The molecule has 1 aliphatic rings. The molecule has 1 amide bonds. The molecule has 0 spiro atoms. The zero-order valence-corrected chi connectivity index (χ0v) is 12.8. The fraction of sp³-hybridized carbons (Fsp3) is 0.588. The molecule has 0 saturated carbocycles. The van der Waals surface area contributed by atoms with Crippen molar-refractivity contribution in [1.82, 2.24) is 4.90 Å². The Kier molecular flexibility index (Phi) is 5.05. The second-order valence-electron chi connectivity index (χ2n) is 5.67. The van der Waals surface area contributed by atoms with Crippen molar-refractivity contribution in [2.45, 2.75) is 52.6 Å². The van der Waals surface area contributed by atoms with Crippen LogP contribution in [0.3, 0.4) is 0 Å². The van der Waals surface area contributed by atoms with Crippen molar-refractivity contribution >= 4 is 5.91 Å². The summed E-state index contributed by atoms with van der Waals surface area (Å²) in [5.41, 5.74) is 2.24. The van der Waals surface area contributed by atoms with Gasteiger partial charge in [0.05, 0.1) is 0 Å². The number of carbonyl (C=O) groups excluding carboxylic acids is 1. The predicted octanol–water partition coefficient (Wildman–Crippen LogP) is 3.47.